The molecule has 0 saturated carbocycles. The zero-order chi connectivity index (χ0) is 19.8. The smallest absolute Gasteiger partial charge is 0.319 e. The van der Waals surface area contributed by atoms with Gasteiger partial charge in [0.25, 0.3) is 5.56 Å². The lowest BCUT2D eigenvalue weighted by Gasteiger charge is -2.19. The summed E-state index contributed by atoms with van der Waals surface area (Å²) in [6.45, 7) is 4.56. The van der Waals surface area contributed by atoms with Crippen LogP contribution in [-0.2, 0) is 9.53 Å². The maximum Gasteiger partial charge on any atom is 0.319 e. The monoisotopic (exact) mass is 414 g/mol. The second-order valence-electron chi connectivity index (χ2n) is 6.97. The number of thioether (sulfide) groups is 1. The molecule has 1 aliphatic heterocycles. The van der Waals surface area contributed by atoms with E-state index in [1.54, 1.807) is 22.8 Å². The molecule has 1 aliphatic rings. The summed E-state index contributed by atoms with van der Waals surface area (Å²) in [6, 6.07) is 12.8. The number of carbonyl (C=O) groups excluding carboxylic acids is 1. The Hall–Kier alpha value is -2.31. The molecule has 5 nitrogen and oxygen atoms in total. The van der Waals surface area contributed by atoms with Gasteiger partial charge in [-0.2, -0.15) is 0 Å². The van der Waals surface area contributed by atoms with Crippen molar-refractivity contribution in [3.8, 4) is 5.69 Å². The molecule has 1 aromatic heterocycles. The van der Waals surface area contributed by atoms with Crippen LogP contribution in [0.5, 0.6) is 0 Å². The van der Waals surface area contributed by atoms with Crippen LogP contribution in [0.25, 0.3) is 16.6 Å². The Balaban J connectivity index is 1.99. The summed E-state index contributed by atoms with van der Waals surface area (Å²) in [4.78, 5) is 30.2. The molecule has 0 bridgehead atoms. The minimum Gasteiger partial charge on any atom is -0.465 e. The second-order valence-corrected chi connectivity index (χ2v) is 8.58. The van der Waals surface area contributed by atoms with E-state index in [0.29, 0.717) is 34.1 Å². The van der Waals surface area contributed by atoms with Gasteiger partial charge in [-0.05, 0) is 35.7 Å². The Morgan fingerprint density at radius 1 is 1.21 bits per heavy atom. The quantitative estimate of drug-likeness (QED) is 0.462. The summed E-state index contributed by atoms with van der Waals surface area (Å²) in [5.74, 6) is -0.0487. The lowest BCUT2D eigenvalue weighted by molar-refractivity contribution is -0.137. The van der Waals surface area contributed by atoms with Crippen LogP contribution in [0, 0.1) is 0 Å². The zero-order valence-corrected chi connectivity index (χ0v) is 17.1. The first-order valence-corrected chi connectivity index (χ1v) is 10.4. The highest BCUT2D eigenvalue weighted by Crippen LogP contribution is 2.32. The van der Waals surface area contributed by atoms with Crippen molar-refractivity contribution in [2.24, 2.45) is 0 Å². The van der Waals surface area contributed by atoms with Crippen LogP contribution in [0.15, 0.2) is 52.4 Å². The van der Waals surface area contributed by atoms with E-state index < -0.39 is 0 Å². The average Bonchev–Trinajstić information content (AvgIpc) is 3.06. The predicted octanol–water partition coefficient (Wildman–Crippen LogP) is 4.57. The topological polar surface area (TPSA) is 61.2 Å². The molecule has 1 saturated heterocycles. The number of fused-ring (bicyclic) bond motifs is 1. The van der Waals surface area contributed by atoms with Gasteiger partial charge in [0.1, 0.15) is 5.25 Å². The van der Waals surface area contributed by atoms with Gasteiger partial charge in [-0.3, -0.25) is 14.2 Å². The SMILES string of the molecule is CC(C)c1ccccc1-n1c(S[C@H]2CCOC2=O)nc2cc(Cl)ccc2c1=O. The van der Waals surface area contributed by atoms with Crippen molar-refractivity contribution in [3.05, 3.63) is 63.4 Å². The molecular formula is C21H19ClN2O3S. The molecule has 0 amide bonds. The standard InChI is InChI=1S/C21H19ClN2O3S/c1-12(2)14-5-3-4-6-17(14)24-19(25)15-8-7-13(22)11-16(15)23-21(24)28-18-9-10-27-20(18)26/h3-8,11-12,18H,9-10H2,1-2H3/t18-/m0/s1. The molecule has 2 heterocycles. The number of aromatic nitrogens is 2. The molecule has 2 aromatic carbocycles. The van der Waals surface area contributed by atoms with Gasteiger partial charge < -0.3 is 4.74 Å². The van der Waals surface area contributed by atoms with Crippen LogP contribution < -0.4 is 5.56 Å². The van der Waals surface area contributed by atoms with Crippen molar-refractivity contribution in [1.82, 2.24) is 9.55 Å². The van der Waals surface area contributed by atoms with E-state index in [1.165, 1.54) is 11.8 Å². The molecule has 0 unspecified atom stereocenters. The normalized spacial score (nSPS) is 16.7. The molecular weight excluding hydrogens is 396 g/mol. The molecule has 0 N–H and O–H groups in total. The van der Waals surface area contributed by atoms with Gasteiger partial charge >= 0.3 is 5.97 Å². The van der Waals surface area contributed by atoms with E-state index in [0.717, 1.165) is 11.3 Å². The number of rotatable bonds is 4. The number of carbonyl (C=O) groups is 1. The number of halogens is 1. The van der Waals surface area contributed by atoms with Gasteiger partial charge in [-0.15, -0.1) is 0 Å². The Bertz CT molecular complexity index is 1130. The van der Waals surface area contributed by atoms with Gasteiger partial charge in [-0.1, -0.05) is 55.4 Å². The van der Waals surface area contributed by atoms with Crippen LogP contribution in [-0.4, -0.2) is 27.4 Å². The van der Waals surface area contributed by atoms with Crippen LogP contribution >= 0.6 is 23.4 Å². The van der Waals surface area contributed by atoms with E-state index in [1.807, 2.05) is 24.3 Å². The van der Waals surface area contributed by atoms with E-state index in [4.69, 9.17) is 21.3 Å². The summed E-state index contributed by atoms with van der Waals surface area (Å²) in [7, 11) is 0. The molecule has 0 spiro atoms. The Morgan fingerprint density at radius 2 is 2.00 bits per heavy atom. The van der Waals surface area contributed by atoms with E-state index >= 15 is 0 Å². The van der Waals surface area contributed by atoms with E-state index in [2.05, 4.69) is 13.8 Å². The first kappa shape index (κ1) is 19.0. The molecule has 1 fully saturated rings. The molecule has 0 aliphatic carbocycles. The molecule has 144 valence electrons. The third-order valence-electron chi connectivity index (χ3n) is 4.74. The van der Waals surface area contributed by atoms with E-state index in [9.17, 15) is 9.59 Å². The largest absolute Gasteiger partial charge is 0.465 e. The number of hydrogen-bond donors (Lipinski definition) is 0. The lowest BCUT2D eigenvalue weighted by atomic mass is 10.0. The van der Waals surface area contributed by atoms with Crippen molar-refractivity contribution >= 4 is 40.2 Å². The zero-order valence-electron chi connectivity index (χ0n) is 15.5. The van der Waals surface area contributed by atoms with E-state index in [-0.39, 0.29) is 22.7 Å². The number of esters is 1. The summed E-state index contributed by atoms with van der Waals surface area (Å²) < 4.78 is 6.70. The maximum atomic E-state index is 13.4. The minimum absolute atomic E-state index is 0.177. The summed E-state index contributed by atoms with van der Waals surface area (Å²) in [5.41, 5.74) is 2.16. The molecule has 1 atom stereocenters. The highest BCUT2D eigenvalue weighted by Gasteiger charge is 2.30. The number of para-hydroxylation sites is 1. The van der Waals surface area contributed by atoms with Crippen LogP contribution in [0.4, 0.5) is 0 Å². The summed E-state index contributed by atoms with van der Waals surface area (Å²) in [5, 5.41) is 1.09. The van der Waals surface area contributed by atoms with Crippen molar-refractivity contribution in [3.63, 3.8) is 0 Å². The van der Waals surface area contributed by atoms with Crippen LogP contribution in [0.3, 0.4) is 0 Å². The third-order valence-corrected chi connectivity index (χ3v) is 6.17. The summed E-state index contributed by atoms with van der Waals surface area (Å²) in [6.07, 6.45) is 0.596. The molecule has 3 aromatic rings. The highest BCUT2D eigenvalue weighted by atomic mass is 35.5. The van der Waals surface area contributed by atoms with Gasteiger partial charge in [0, 0.05) is 11.4 Å². The molecule has 0 radical (unpaired) electrons. The van der Waals surface area contributed by atoms with Crippen molar-refractivity contribution in [1.29, 1.82) is 0 Å². The van der Waals surface area contributed by atoms with Crippen molar-refractivity contribution in [2.45, 2.75) is 36.6 Å². The number of hydrogen-bond acceptors (Lipinski definition) is 5. The van der Waals surface area contributed by atoms with Crippen molar-refractivity contribution in [2.75, 3.05) is 6.61 Å². The second kappa shape index (κ2) is 7.60. The Morgan fingerprint density at radius 3 is 2.71 bits per heavy atom. The Labute approximate surface area is 171 Å². The van der Waals surface area contributed by atoms with Gasteiger partial charge in [0.2, 0.25) is 0 Å². The fraction of sp³-hybridized carbons (Fsp3) is 0.286. The maximum absolute atomic E-state index is 13.4. The predicted molar refractivity (Wildman–Crippen MR) is 112 cm³/mol. The average molecular weight is 415 g/mol. The number of ether oxygens (including phenoxy) is 1. The number of cyclic esters (lactones) is 1. The van der Waals surface area contributed by atoms with Gasteiger partial charge in [-0.25, -0.2) is 4.98 Å². The highest BCUT2D eigenvalue weighted by molar-refractivity contribution is 8.00. The van der Waals surface area contributed by atoms with Gasteiger partial charge in [0.15, 0.2) is 5.16 Å². The Kier molecular flexibility index (Phi) is 5.17. The lowest BCUT2D eigenvalue weighted by Crippen LogP contribution is -2.24. The molecule has 28 heavy (non-hydrogen) atoms. The van der Waals surface area contributed by atoms with Crippen molar-refractivity contribution < 1.29 is 9.53 Å². The van der Waals surface area contributed by atoms with Gasteiger partial charge in [0.05, 0.1) is 23.2 Å². The first-order chi connectivity index (χ1) is 13.5. The fourth-order valence-corrected chi connectivity index (χ4v) is 4.56. The number of benzene rings is 2. The number of nitrogens with zero attached hydrogens (tertiary/aromatic N) is 2. The third kappa shape index (κ3) is 3.42. The minimum atomic E-state index is -0.374. The van der Waals surface area contributed by atoms with Crippen LogP contribution in [0.2, 0.25) is 5.02 Å². The summed E-state index contributed by atoms with van der Waals surface area (Å²) >= 11 is 7.38. The van der Waals surface area contributed by atoms with Crippen LogP contribution in [0.1, 0.15) is 31.7 Å². The molecule has 4 rings (SSSR count). The first-order valence-electron chi connectivity index (χ1n) is 9.10. The molecule has 7 heteroatoms. The fourth-order valence-electron chi connectivity index (χ4n) is 3.32.